The Morgan fingerprint density at radius 2 is 1.51 bits per heavy atom. The van der Waals surface area contributed by atoms with Gasteiger partial charge in [0.1, 0.15) is 12.2 Å². The number of ketones is 2. The predicted octanol–water partition coefficient (Wildman–Crippen LogP) is 2.32. The highest BCUT2D eigenvalue weighted by Gasteiger charge is 2.71. The van der Waals surface area contributed by atoms with Crippen LogP contribution in [0, 0.1) is 28.6 Å². The van der Waals surface area contributed by atoms with E-state index in [0.29, 0.717) is 31.3 Å². The summed E-state index contributed by atoms with van der Waals surface area (Å²) in [5.74, 6) is -2.07. The molecule has 8 atom stereocenters. The lowest BCUT2D eigenvalue weighted by Gasteiger charge is -2.62. The highest BCUT2D eigenvalue weighted by atomic mass is 32.2. The van der Waals surface area contributed by atoms with Gasteiger partial charge in [0.25, 0.3) is 20.2 Å². The van der Waals surface area contributed by atoms with Gasteiger partial charge in [-0.1, -0.05) is 13.8 Å². The molecular weight excluding hydrogens is 524 g/mol. The Morgan fingerprint density at radius 1 is 0.919 bits per heavy atom. The van der Waals surface area contributed by atoms with Crippen molar-refractivity contribution in [1.82, 2.24) is 0 Å². The summed E-state index contributed by atoms with van der Waals surface area (Å²) in [5.41, 5.74) is -2.42. The summed E-state index contributed by atoms with van der Waals surface area (Å²) in [5, 5.41) is 0. The van der Waals surface area contributed by atoms with Gasteiger partial charge in [0.15, 0.2) is 17.2 Å². The van der Waals surface area contributed by atoms with E-state index in [-0.39, 0.29) is 36.2 Å². The SMILES string of the molecule is CC(=O)O[C@]1(C(C)=O)CC[C@H]2[C@@H]3C(OS(C)(=O)=O)C(OS(C)(=O)=O)C4=CC(=O)CC[C@]4(C)[C@H]3CC[C@@]21C. The van der Waals surface area contributed by atoms with Gasteiger partial charge < -0.3 is 4.74 Å². The first-order valence-corrected chi connectivity index (χ1v) is 16.2. The summed E-state index contributed by atoms with van der Waals surface area (Å²) >= 11 is 0. The molecule has 0 radical (unpaired) electrons. The van der Waals surface area contributed by atoms with Crippen LogP contribution in [0.1, 0.15) is 66.2 Å². The third-order valence-corrected chi connectivity index (χ3v) is 10.7. The van der Waals surface area contributed by atoms with Gasteiger partial charge in [-0.3, -0.25) is 22.7 Å². The molecule has 12 heteroatoms. The van der Waals surface area contributed by atoms with Crippen LogP contribution >= 0.6 is 0 Å². The average Bonchev–Trinajstić information content (AvgIpc) is 3.02. The van der Waals surface area contributed by atoms with E-state index in [1.807, 2.05) is 13.8 Å². The summed E-state index contributed by atoms with van der Waals surface area (Å²) in [6.07, 6.45) is 3.13. The lowest BCUT2D eigenvalue weighted by Crippen LogP contribution is -2.64. The van der Waals surface area contributed by atoms with E-state index in [0.717, 1.165) is 12.5 Å². The first-order chi connectivity index (χ1) is 16.8. The van der Waals surface area contributed by atoms with Crippen LogP contribution in [-0.4, -0.2) is 64.7 Å². The molecule has 0 heterocycles. The fraction of sp³-hybridized carbons (Fsp3) is 0.800. The van der Waals surface area contributed by atoms with Crippen molar-refractivity contribution in [2.75, 3.05) is 12.5 Å². The molecule has 0 bridgehead atoms. The van der Waals surface area contributed by atoms with E-state index in [9.17, 15) is 31.2 Å². The maximum atomic E-state index is 13.1. The van der Waals surface area contributed by atoms with Crippen molar-refractivity contribution >= 4 is 37.8 Å². The van der Waals surface area contributed by atoms with Crippen LogP contribution in [0.15, 0.2) is 11.6 Å². The maximum Gasteiger partial charge on any atom is 0.303 e. The number of fused-ring (bicyclic) bond motifs is 5. The molecule has 3 fully saturated rings. The quantitative estimate of drug-likeness (QED) is 0.350. The summed E-state index contributed by atoms with van der Waals surface area (Å²) in [6, 6.07) is 0. The molecule has 0 aromatic heterocycles. The van der Waals surface area contributed by atoms with Crippen LogP contribution in [0.3, 0.4) is 0 Å². The summed E-state index contributed by atoms with van der Waals surface area (Å²) in [4.78, 5) is 37.7. The van der Waals surface area contributed by atoms with Crippen LogP contribution in [0.2, 0.25) is 0 Å². The fourth-order valence-corrected chi connectivity index (χ4v) is 9.42. The molecule has 0 aromatic rings. The molecule has 0 N–H and O–H groups in total. The fourth-order valence-electron chi connectivity index (χ4n) is 8.19. The average molecular weight is 561 g/mol. The van der Waals surface area contributed by atoms with E-state index in [1.54, 1.807) is 0 Å². The molecule has 3 saturated carbocycles. The van der Waals surface area contributed by atoms with E-state index in [4.69, 9.17) is 13.1 Å². The smallest absolute Gasteiger partial charge is 0.303 e. The molecule has 0 spiro atoms. The zero-order chi connectivity index (χ0) is 27.8. The molecule has 0 saturated heterocycles. The standard InChI is InChI=1S/C25H36O10S2/c1-14(26)25(33-15(2)27)12-9-18-20-17(8-11-24(18,25)4)23(3)10-7-16(28)13-19(23)21(34-36(5,29)30)22(20)35-37(6,31)32/h13,17-18,20-22H,7-12H2,1-6H3/t17-,18-,20+,21?,22?,23+,24-,25-/m0/s1. The molecule has 2 unspecified atom stereocenters. The summed E-state index contributed by atoms with van der Waals surface area (Å²) in [7, 11) is -8.17. The van der Waals surface area contributed by atoms with Crippen molar-refractivity contribution in [2.45, 2.75) is 84.0 Å². The van der Waals surface area contributed by atoms with Crippen LogP contribution in [0.25, 0.3) is 0 Å². The van der Waals surface area contributed by atoms with Gasteiger partial charge in [-0.05, 0) is 73.8 Å². The van der Waals surface area contributed by atoms with Crippen LogP contribution in [-0.2, 0) is 47.7 Å². The molecular formula is C25H36O10S2. The van der Waals surface area contributed by atoms with Gasteiger partial charge in [0, 0.05) is 18.8 Å². The first-order valence-electron chi connectivity index (χ1n) is 12.6. The third kappa shape index (κ3) is 4.61. The summed E-state index contributed by atoms with van der Waals surface area (Å²) < 4.78 is 66.7. The Kier molecular flexibility index (Phi) is 6.87. The van der Waals surface area contributed by atoms with Gasteiger partial charge >= 0.3 is 5.97 Å². The molecule has 208 valence electrons. The van der Waals surface area contributed by atoms with Gasteiger partial charge in [-0.25, -0.2) is 0 Å². The lowest BCUT2D eigenvalue weighted by molar-refractivity contribution is -0.194. The Balaban J connectivity index is 1.93. The van der Waals surface area contributed by atoms with Crippen LogP contribution < -0.4 is 0 Å². The number of hydrogen-bond donors (Lipinski definition) is 0. The van der Waals surface area contributed by atoms with E-state index in [2.05, 4.69) is 0 Å². The highest BCUT2D eigenvalue weighted by molar-refractivity contribution is 7.86. The Bertz CT molecular complexity index is 1270. The van der Waals surface area contributed by atoms with Crippen molar-refractivity contribution in [1.29, 1.82) is 0 Å². The number of hydrogen-bond acceptors (Lipinski definition) is 10. The number of Topliss-reactive ketones (excluding diaryl/α,β-unsaturated/α-hetero) is 1. The largest absolute Gasteiger partial charge is 0.451 e. The van der Waals surface area contributed by atoms with E-state index in [1.165, 1.54) is 19.9 Å². The van der Waals surface area contributed by atoms with Gasteiger partial charge in [-0.2, -0.15) is 16.8 Å². The summed E-state index contributed by atoms with van der Waals surface area (Å²) in [6.45, 7) is 6.53. The Hall–Kier alpha value is -1.63. The second-order valence-corrected chi connectivity index (χ2v) is 14.9. The zero-order valence-electron chi connectivity index (χ0n) is 22.1. The minimum atomic E-state index is -4.09. The van der Waals surface area contributed by atoms with Gasteiger partial charge in [0.05, 0.1) is 12.5 Å². The Labute approximate surface area is 218 Å². The molecule has 37 heavy (non-hydrogen) atoms. The number of ether oxygens (including phenoxy) is 1. The van der Waals surface area contributed by atoms with Crippen molar-refractivity contribution in [3.63, 3.8) is 0 Å². The molecule has 4 rings (SSSR count). The second kappa shape index (κ2) is 8.96. The molecule has 0 aliphatic heterocycles. The minimum Gasteiger partial charge on any atom is -0.451 e. The second-order valence-electron chi connectivity index (χ2n) is 11.7. The van der Waals surface area contributed by atoms with Crippen molar-refractivity contribution < 1.29 is 44.3 Å². The molecule has 0 aromatic carbocycles. The van der Waals surface area contributed by atoms with Crippen LogP contribution in [0.5, 0.6) is 0 Å². The minimum absolute atomic E-state index is 0.170. The number of rotatable bonds is 6. The molecule has 4 aliphatic rings. The van der Waals surface area contributed by atoms with Crippen molar-refractivity contribution in [3.05, 3.63) is 11.6 Å². The normalized spacial score (nSPS) is 41.7. The highest BCUT2D eigenvalue weighted by Crippen LogP contribution is 2.69. The molecule has 10 nitrogen and oxygen atoms in total. The monoisotopic (exact) mass is 560 g/mol. The molecule has 0 amide bonds. The number of esters is 1. The Morgan fingerprint density at radius 3 is 2.05 bits per heavy atom. The van der Waals surface area contributed by atoms with Gasteiger partial charge in [-0.15, -0.1) is 0 Å². The van der Waals surface area contributed by atoms with Gasteiger partial charge in [0.2, 0.25) is 0 Å². The van der Waals surface area contributed by atoms with Crippen molar-refractivity contribution in [3.8, 4) is 0 Å². The van der Waals surface area contributed by atoms with E-state index >= 15 is 0 Å². The van der Waals surface area contributed by atoms with Crippen molar-refractivity contribution in [2.24, 2.45) is 28.6 Å². The zero-order valence-corrected chi connectivity index (χ0v) is 23.7. The first kappa shape index (κ1) is 28.4. The van der Waals surface area contributed by atoms with Crippen LogP contribution in [0.4, 0.5) is 0 Å². The lowest BCUT2D eigenvalue weighted by atomic mass is 9.45. The molecule has 4 aliphatic carbocycles. The number of carbonyl (C=O) groups is 3. The predicted molar refractivity (Wildman–Crippen MR) is 132 cm³/mol. The maximum absolute atomic E-state index is 13.1. The number of carbonyl (C=O) groups excluding carboxylic acids is 3. The topological polar surface area (TPSA) is 147 Å². The third-order valence-electron chi connectivity index (χ3n) is 9.57. The van der Waals surface area contributed by atoms with E-state index < -0.39 is 60.8 Å².